The zero-order chi connectivity index (χ0) is 11.0. The molecule has 3 heterocycles. The Balaban J connectivity index is 1.86. The van der Waals surface area contributed by atoms with Crippen LogP contribution in [0.2, 0.25) is 0 Å². The van der Waals surface area contributed by atoms with Gasteiger partial charge in [0.15, 0.2) is 5.65 Å². The Bertz CT molecular complexity index is 505. The second-order valence-corrected chi connectivity index (χ2v) is 4.96. The SMILES string of the molecule is Brc1cnc2nc(CC3CCCO3)[nH]c2c1. The Kier molecular flexibility index (Phi) is 2.65. The summed E-state index contributed by atoms with van der Waals surface area (Å²) in [6.45, 7) is 0.884. The molecule has 3 rings (SSSR count). The maximum absolute atomic E-state index is 5.59. The number of imidazole rings is 1. The van der Waals surface area contributed by atoms with E-state index in [1.165, 1.54) is 0 Å². The van der Waals surface area contributed by atoms with Crippen LogP contribution in [0.1, 0.15) is 18.7 Å². The van der Waals surface area contributed by atoms with Crippen molar-refractivity contribution in [1.82, 2.24) is 15.0 Å². The van der Waals surface area contributed by atoms with Gasteiger partial charge in [-0.15, -0.1) is 0 Å². The molecular weight excluding hydrogens is 270 g/mol. The van der Waals surface area contributed by atoms with Gasteiger partial charge in [-0.05, 0) is 34.8 Å². The number of hydrogen-bond donors (Lipinski definition) is 1. The molecule has 0 bridgehead atoms. The number of fused-ring (bicyclic) bond motifs is 1. The van der Waals surface area contributed by atoms with Crippen molar-refractivity contribution in [3.63, 3.8) is 0 Å². The van der Waals surface area contributed by atoms with Crippen molar-refractivity contribution in [3.05, 3.63) is 22.6 Å². The lowest BCUT2D eigenvalue weighted by molar-refractivity contribution is 0.110. The van der Waals surface area contributed by atoms with Gasteiger partial charge >= 0.3 is 0 Å². The molecule has 1 aliphatic heterocycles. The number of pyridine rings is 1. The van der Waals surface area contributed by atoms with Gasteiger partial charge in [0.05, 0.1) is 11.6 Å². The topological polar surface area (TPSA) is 50.8 Å². The highest BCUT2D eigenvalue weighted by atomic mass is 79.9. The molecule has 0 radical (unpaired) electrons. The maximum Gasteiger partial charge on any atom is 0.177 e. The number of hydrogen-bond acceptors (Lipinski definition) is 3. The van der Waals surface area contributed by atoms with Gasteiger partial charge in [-0.2, -0.15) is 0 Å². The van der Waals surface area contributed by atoms with Crippen LogP contribution in [0, 0.1) is 0 Å². The minimum absolute atomic E-state index is 0.323. The van der Waals surface area contributed by atoms with Gasteiger partial charge in [0.2, 0.25) is 0 Å². The summed E-state index contributed by atoms with van der Waals surface area (Å²) in [6.07, 6.45) is 5.24. The summed E-state index contributed by atoms with van der Waals surface area (Å²) in [7, 11) is 0. The van der Waals surface area contributed by atoms with E-state index < -0.39 is 0 Å². The molecule has 0 saturated carbocycles. The molecule has 1 aliphatic rings. The highest BCUT2D eigenvalue weighted by Gasteiger charge is 2.17. The van der Waals surface area contributed by atoms with Crippen LogP contribution in [0.3, 0.4) is 0 Å². The summed E-state index contributed by atoms with van der Waals surface area (Å²) >= 11 is 3.39. The fourth-order valence-corrected chi connectivity index (χ4v) is 2.37. The Hall–Kier alpha value is -0.940. The summed E-state index contributed by atoms with van der Waals surface area (Å²) in [5, 5.41) is 0. The molecule has 1 atom stereocenters. The first kappa shape index (κ1) is 10.2. The molecule has 16 heavy (non-hydrogen) atoms. The summed E-state index contributed by atoms with van der Waals surface area (Å²) in [5.74, 6) is 0.965. The molecule has 2 aromatic heterocycles. The molecular formula is C11H12BrN3O. The van der Waals surface area contributed by atoms with Gasteiger partial charge in [0.25, 0.3) is 0 Å². The molecule has 4 nitrogen and oxygen atoms in total. The van der Waals surface area contributed by atoms with Gasteiger partial charge in [-0.3, -0.25) is 0 Å². The first-order valence-electron chi connectivity index (χ1n) is 5.43. The van der Waals surface area contributed by atoms with Crippen molar-refractivity contribution >= 4 is 27.1 Å². The molecule has 2 aromatic rings. The van der Waals surface area contributed by atoms with Crippen molar-refractivity contribution in [2.45, 2.75) is 25.4 Å². The van der Waals surface area contributed by atoms with Crippen LogP contribution in [-0.4, -0.2) is 27.7 Å². The number of aromatic amines is 1. The van der Waals surface area contributed by atoms with E-state index in [2.05, 4.69) is 30.9 Å². The number of nitrogens with zero attached hydrogens (tertiary/aromatic N) is 2. The average molecular weight is 282 g/mol. The zero-order valence-corrected chi connectivity index (χ0v) is 10.3. The van der Waals surface area contributed by atoms with Crippen LogP contribution in [0.5, 0.6) is 0 Å². The fraction of sp³-hybridized carbons (Fsp3) is 0.455. The fourth-order valence-electron chi connectivity index (χ4n) is 2.04. The van der Waals surface area contributed by atoms with Crippen molar-refractivity contribution in [2.75, 3.05) is 6.61 Å². The highest BCUT2D eigenvalue weighted by Crippen LogP contribution is 2.19. The standard InChI is InChI=1S/C11H12BrN3O/c12-7-4-9-11(13-6-7)15-10(14-9)5-8-2-1-3-16-8/h4,6,8H,1-3,5H2,(H,13,14,15). The number of nitrogens with one attached hydrogen (secondary N) is 1. The maximum atomic E-state index is 5.59. The minimum Gasteiger partial charge on any atom is -0.378 e. The van der Waals surface area contributed by atoms with Crippen LogP contribution < -0.4 is 0 Å². The van der Waals surface area contributed by atoms with E-state index >= 15 is 0 Å². The molecule has 0 spiro atoms. The molecule has 1 fully saturated rings. The summed E-state index contributed by atoms with van der Waals surface area (Å²) < 4.78 is 6.55. The third-order valence-electron chi connectivity index (χ3n) is 2.80. The van der Waals surface area contributed by atoms with E-state index in [4.69, 9.17) is 4.74 Å². The van der Waals surface area contributed by atoms with Crippen molar-refractivity contribution in [3.8, 4) is 0 Å². The lowest BCUT2D eigenvalue weighted by atomic mass is 10.2. The largest absolute Gasteiger partial charge is 0.378 e. The summed E-state index contributed by atoms with van der Waals surface area (Å²) in [4.78, 5) is 12.0. The quantitative estimate of drug-likeness (QED) is 0.920. The zero-order valence-electron chi connectivity index (χ0n) is 8.74. The second kappa shape index (κ2) is 4.14. The molecule has 5 heteroatoms. The van der Waals surface area contributed by atoms with E-state index in [0.29, 0.717) is 6.10 Å². The van der Waals surface area contributed by atoms with E-state index in [1.807, 2.05) is 6.07 Å². The van der Waals surface area contributed by atoms with Crippen LogP contribution in [0.15, 0.2) is 16.7 Å². The number of rotatable bonds is 2. The second-order valence-electron chi connectivity index (χ2n) is 4.05. The first-order valence-corrected chi connectivity index (χ1v) is 6.22. The smallest absolute Gasteiger partial charge is 0.177 e. The molecule has 84 valence electrons. The minimum atomic E-state index is 0.323. The molecule has 1 unspecified atom stereocenters. The van der Waals surface area contributed by atoms with Crippen LogP contribution in [-0.2, 0) is 11.2 Å². The Morgan fingerprint density at radius 3 is 3.31 bits per heavy atom. The molecule has 0 aliphatic carbocycles. The first-order chi connectivity index (χ1) is 7.81. The van der Waals surface area contributed by atoms with Crippen LogP contribution in [0.25, 0.3) is 11.2 Å². The van der Waals surface area contributed by atoms with Gasteiger partial charge < -0.3 is 9.72 Å². The molecule has 1 N–H and O–H groups in total. The predicted molar refractivity (Wildman–Crippen MR) is 64.3 cm³/mol. The van der Waals surface area contributed by atoms with Gasteiger partial charge in [0.1, 0.15) is 5.82 Å². The number of H-pyrrole nitrogens is 1. The molecule has 0 aromatic carbocycles. The Morgan fingerprint density at radius 2 is 2.50 bits per heavy atom. The van der Waals surface area contributed by atoms with E-state index in [9.17, 15) is 0 Å². The van der Waals surface area contributed by atoms with Gasteiger partial charge in [0, 0.05) is 23.7 Å². The Labute approximate surface area is 102 Å². The van der Waals surface area contributed by atoms with Crippen LogP contribution in [0.4, 0.5) is 0 Å². The number of aromatic nitrogens is 3. The summed E-state index contributed by atoms with van der Waals surface area (Å²) in [5.41, 5.74) is 1.75. The van der Waals surface area contributed by atoms with Gasteiger partial charge in [-0.25, -0.2) is 9.97 Å². The monoisotopic (exact) mass is 281 g/mol. The van der Waals surface area contributed by atoms with E-state index in [0.717, 1.165) is 47.3 Å². The van der Waals surface area contributed by atoms with Crippen molar-refractivity contribution in [2.24, 2.45) is 0 Å². The van der Waals surface area contributed by atoms with E-state index in [-0.39, 0.29) is 0 Å². The third-order valence-corrected chi connectivity index (χ3v) is 3.23. The van der Waals surface area contributed by atoms with Crippen molar-refractivity contribution < 1.29 is 4.74 Å². The predicted octanol–water partition coefficient (Wildman–Crippen LogP) is 2.44. The third kappa shape index (κ3) is 1.97. The normalized spacial score (nSPS) is 20.7. The van der Waals surface area contributed by atoms with Gasteiger partial charge in [-0.1, -0.05) is 0 Å². The Morgan fingerprint density at radius 1 is 1.56 bits per heavy atom. The number of ether oxygens (including phenoxy) is 1. The molecule has 1 saturated heterocycles. The van der Waals surface area contributed by atoms with Crippen LogP contribution >= 0.6 is 15.9 Å². The highest BCUT2D eigenvalue weighted by molar-refractivity contribution is 9.10. The van der Waals surface area contributed by atoms with E-state index in [1.54, 1.807) is 6.20 Å². The lowest BCUT2D eigenvalue weighted by Gasteiger charge is -2.05. The average Bonchev–Trinajstić information content (AvgIpc) is 2.86. The molecule has 0 amide bonds. The number of halogens is 1. The lowest BCUT2D eigenvalue weighted by Crippen LogP contribution is -2.09. The van der Waals surface area contributed by atoms with Crippen molar-refractivity contribution in [1.29, 1.82) is 0 Å². The summed E-state index contributed by atoms with van der Waals surface area (Å²) in [6, 6.07) is 1.99.